The van der Waals surface area contributed by atoms with Gasteiger partial charge < -0.3 is 4.79 Å². The molecule has 0 aromatic rings. The van der Waals surface area contributed by atoms with Crippen LogP contribution in [0.1, 0.15) is 64.2 Å². The molecule has 0 heterocycles. The predicted molar refractivity (Wildman–Crippen MR) is 76.7 cm³/mol. The zero-order chi connectivity index (χ0) is 12.8. The standard InChI is InChI=1S/C18H28O/c19-11-14-10-13-5-3-7-15(13)17-9-8-12-4-1-2-6-16(12)18(14)17/h11-18H,1-10H2/t12?,13-,14?,15+,16-,17-,18+/m0/s1. The smallest absolute Gasteiger partial charge is 0.123 e. The summed E-state index contributed by atoms with van der Waals surface area (Å²) >= 11 is 0. The number of carbonyl (C=O) groups excluding carboxylic acids is 1. The maximum atomic E-state index is 11.7. The van der Waals surface area contributed by atoms with E-state index >= 15 is 0 Å². The molecule has 1 heteroatoms. The third-order valence-electron chi connectivity index (χ3n) is 7.34. The Morgan fingerprint density at radius 3 is 2.37 bits per heavy atom. The van der Waals surface area contributed by atoms with E-state index in [2.05, 4.69) is 0 Å². The Balaban J connectivity index is 1.63. The van der Waals surface area contributed by atoms with Gasteiger partial charge in [-0.1, -0.05) is 32.1 Å². The van der Waals surface area contributed by atoms with Crippen molar-refractivity contribution >= 4 is 6.29 Å². The Morgan fingerprint density at radius 1 is 0.684 bits per heavy atom. The highest BCUT2D eigenvalue weighted by Gasteiger charge is 2.52. The Bertz CT molecular complexity index is 350. The van der Waals surface area contributed by atoms with E-state index in [-0.39, 0.29) is 0 Å². The van der Waals surface area contributed by atoms with E-state index < -0.39 is 0 Å². The van der Waals surface area contributed by atoms with Gasteiger partial charge in [0, 0.05) is 5.92 Å². The lowest BCUT2D eigenvalue weighted by atomic mass is 9.51. The molecule has 0 aliphatic heterocycles. The van der Waals surface area contributed by atoms with Gasteiger partial charge in [-0.3, -0.25) is 0 Å². The summed E-state index contributed by atoms with van der Waals surface area (Å²) in [6, 6.07) is 0. The molecule has 0 bridgehead atoms. The minimum Gasteiger partial charge on any atom is -0.303 e. The van der Waals surface area contributed by atoms with Crippen LogP contribution in [-0.4, -0.2) is 6.29 Å². The molecule has 1 nitrogen and oxygen atoms in total. The van der Waals surface area contributed by atoms with Crippen molar-refractivity contribution in [1.29, 1.82) is 0 Å². The van der Waals surface area contributed by atoms with Crippen LogP contribution in [0.2, 0.25) is 0 Å². The molecule has 4 aliphatic rings. The quantitative estimate of drug-likeness (QED) is 0.636. The Morgan fingerprint density at radius 2 is 1.47 bits per heavy atom. The van der Waals surface area contributed by atoms with Crippen molar-refractivity contribution < 1.29 is 4.79 Å². The van der Waals surface area contributed by atoms with Gasteiger partial charge >= 0.3 is 0 Å². The molecule has 0 aromatic heterocycles. The number of hydrogen-bond donors (Lipinski definition) is 0. The van der Waals surface area contributed by atoms with Gasteiger partial charge in [0.1, 0.15) is 6.29 Å². The molecular formula is C18H28O. The minimum absolute atomic E-state index is 0.426. The largest absolute Gasteiger partial charge is 0.303 e. The number of rotatable bonds is 1. The van der Waals surface area contributed by atoms with E-state index in [0.717, 1.165) is 35.5 Å². The maximum absolute atomic E-state index is 11.7. The molecule has 0 N–H and O–H groups in total. The molecule has 19 heavy (non-hydrogen) atoms. The van der Waals surface area contributed by atoms with Gasteiger partial charge in [-0.2, -0.15) is 0 Å². The topological polar surface area (TPSA) is 17.1 Å². The number of fused-ring (bicyclic) bond motifs is 5. The molecule has 0 aromatic carbocycles. The molecule has 0 spiro atoms. The first-order chi connectivity index (χ1) is 9.38. The zero-order valence-electron chi connectivity index (χ0n) is 12.1. The third-order valence-corrected chi connectivity index (χ3v) is 7.34. The number of aldehydes is 1. The fourth-order valence-electron chi connectivity index (χ4n) is 6.73. The van der Waals surface area contributed by atoms with E-state index in [1.807, 2.05) is 0 Å². The van der Waals surface area contributed by atoms with Crippen LogP contribution in [0.5, 0.6) is 0 Å². The Kier molecular flexibility index (Phi) is 3.20. The molecule has 4 fully saturated rings. The third kappa shape index (κ3) is 1.91. The zero-order valence-corrected chi connectivity index (χ0v) is 12.1. The SMILES string of the molecule is O=CC1C[C@@H]2CCC[C@H]2[C@@H]2CCC3CCCC[C@@H]3[C@@H]12. The maximum Gasteiger partial charge on any atom is 0.123 e. The van der Waals surface area contributed by atoms with Crippen molar-refractivity contribution in [3.05, 3.63) is 0 Å². The molecule has 0 radical (unpaired) electrons. The van der Waals surface area contributed by atoms with Crippen LogP contribution in [0.15, 0.2) is 0 Å². The van der Waals surface area contributed by atoms with Crippen molar-refractivity contribution in [2.45, 2.75) is 64.2 Å². The van der Waals surface area contributed by atoms with E-state index in [1.165, 1.54) is 70.5 Å². The predicted octanol–water partition coefficient (Wildman–Crippen LogP) is 4.45. The Hall–Kier alpha value is -0.330. The van der Waals surface area contributed by atoms with Crippen molar-refractivity contribution in [2.75, 3.05) is 0 Å². The minimum atomic E-state index is 0.426. The van der Waals surface area contributed by atoms with E-state index in [1.54, 1.807) is 0 Å². The van der Waals surface area contributed by atoms with Crippen molar-refractivity contribution in [1.82, 2.24) is 0 Å². The summed E-state index contributed by atoms with van der Waals surface area (Å²) in [7, 11) is 0. The highest BCUT2D eigenvalue weighted by atomic mass is 16.1. The molecule has 4 saturated carbocycles. The molecule has 0 saturated heterocycles. The normalized spacial score (nSPS) is 52.9. The molecule has 106 valence electrons. The summed E-state index contributed by atoms with van der Waals surface area (Å²) in [6.07, 6.45) is 15.7. The molecule has 4 aliphatic carbocycles. The number of carbonyl (C=O) groups is 1. The van der Waals surface area contributed by atoms with Gasteiger partial charge in [0.05, 0.1) is 0 Å². The highest BCUT2D eigenvalue weighted by Crippen LogP contribution is 2.59. The average molecular weight is 260 g/mol. The fourth-order valence-corrected chi connectivity index (χ4v) is 6.73. The van der Waals surface area contributed by atoms with Gasteiger partial charge in [0.2, 0.25) is 0 Å². The first-order valence-electron chi connectivity index (χ1n) is 8.84. The van der Waals surface area contributed by atoms with Crippen molar-refractivity contribution in [2.24, 2.45) is 41.4 Å². The summed E-state index contributed by atoms with van der Waals surface area (Å²) in [5.74, 6) is 5.96. The Labute approximate surface area is 117 Å². The lowest BCUT2D eigenvalue weighted by Gasteiger charge is -2.54. The highest BCUT2D eigenvalue weighted by molar-refractivity contribution is 5.55. The van der Waals surface area contributed by atoms with Gasteiger partial charge in [-0.25, -0.2) is 0 Å². The van der Waals surface area contributed by atoms with Gasteiger partial charge in [0.25, 0.3) is 0 Å². The van der Waals surface area contributed by atoms with Crippen LogP contribution < -0.4 is 0 Å². The van der Waals surface area contributed by atoms with Crippen LogP contribution in [0.25, 0.3) is 0 Å². The van der Waals surface area contributed by atoms with E-state index in [0.29, 0.717) is 5.92 Å². The molecule has 0 amide bonds. The summed E-state index contributed by atoms with van der Waals surface area (Å²) in [5, 5.41) is 0. The summed E-state index contributed by atoms with van der Waals surface area (Å²) in [5.41, 5.74) is 0. The average Bonchev–Trinajstić information content (AvgIpc) is 2.94. The lowest BCUT2D eigenvalue weighted by molar-refractivity contribution is -0.123. The van der Waals surface area contributed by atoms with Crippen LogP contribution in [0.4, 0.5) is 0 Å². The van der Waals surface area contributed by atoms with Crippen molar-refractivity contribution in [3.63, 3.8) is 0 Å². The van der Waals surface area contributed by atoms with E-state index in [9.17, 15) is 4.79 Å². The second kappa shape index (κ2) is 4.90. The first-order valence-corrected chi connectivity index (χ1v) is 8.84. The van der Waals surface area contributed by atoms with Crippen molar-refractivity contribution in [3.8, 4) is 0 Å². The summed E-state index contributed by atoms with van der Waals surface area (Å²) < 4.78 is 0. The van der Waals surface area contributed by atoms with Gasteiger partial charge in [-0.05, 0) is 67.6 Å². The van der Waals surface area contributed by atoms with Crippen LogP contribution in [-0.2, 0) is 4.79 Å². The van der Waals surface area contributed by atoms with E-state index in [4.69, 9.17) is 0 Å². The molecule has 4 rings (SSSR count). The molecule has 7 atom stereocenters. The molecule has 2 unspecified atom stereocenters. The van der Waals surface area contributed by atoms with Crippen LogP contribution in [0.3, 0.4) is 0 Å². The number of hydrogen-bond acceptors (Lipinski definition) is 1. The second-order valence-corrected chi connectivity index (χ2v) is 7.92. The first kappa shape index (κ1) is 12.4. The second-order valence-electron chi connectivity index (χ2n) is 7.92. The van der Waals surface area contributed by atoms with Gasteiger partial charge in [0.15, 0.2) is 0 Å². The van der Waals surface area contributed by atoms with Crippen LogP contribution >= 0.6 is 0 Å². The van der Waals surface area contributed by atoms with Crippen LogP contribution in [0, 0.1) is 41.4 Å². The molecular weight excluding hydrogens is 232 g/mol. The fraction of sp³-hybridized carbons (Fsp3) is 0.944. The lowest BCUT2D eigenvalue weighted by Crippen LogP contribution is -2.48. The summed E-state index contributed by atoms with van der Waals surface area (Å²) in [4.78, 5) is 11.7. The van der Waals surface area contributed by atoms with Gasteiger partial charge in [-0.15, -0.1) is 0 Å². The summed E-state index contributed by atoms with van der Waals surface area (Å²) in [6.45, 7) is 0. The monoisotopic (exact) mass is 260 g/mol.